The molecule has 0 aromatic rings. The van der Waals surface area contributed by atoms with Gasteiger partial charge in [0.1, 0.15) is 0 Å². The number of aliphatic hydroxyl groups excluding tert-OH is 1. The zero-order valence-electron chi connectivity index (χ0n) is 8.64. The number of hydrogen-bond donors (Lipinski definition) is 1. The lowest BCUT2D eigenvalue weighted by Gasteiger charge is -2.30. The van der Waals surface area contributed by atoms with Crippen molar-refractivity contribution in [2.75, 3.05) is 14.1 Å². The van der Waals surface area contributed by atoms with Gasteiger partial charge in [0.2, 0.25) is 0 Å². The first-order valence-corrected chi connectivity index (χ1v) is 4.80. The fraction of sp³-hybridized carbons (Fsp3) is 0.636. The lowest BCUT2D eigenvalue weighted by molar-refractivity contribution is 0.0533. The molecule has 0 radical (unpaired) electrons. The van der Waals surface area contributed by atoms with Crippen molar-refractivity contribution in [1.29, 1.82) is 0 Å². The largest absolute Gasteiger partial charge is 0.391 e. The molecule has 0 heterocycles. The standard InChI is InChI=1S/C11H19NO/c1-9(12(2)3)11(13)10-7-5-4-6-8-10/h4-7,9-11,13H,8H2,1-3H3/t9-,10+,11+/m1/s1. The lowest BCUT2D eigenvalue weighted by Crippen LogP contribution is -2.40. The van der Waals surface area contributed by atoms with Gasteiger partial charge in [-0.3, -0.25) is 0 Å². The van der Waals surface area contributed by atoms with E-state index in [9.17, 15) is 5.11 Å². The van der Waals surface area contributed by atoms with Crippen LogP contribution < -0.4 is 0 Å². The zero-order chi connectivity index (χ0) is 9.84. The number of nitrogens with zero attached hydrogens (tertiary/aromatic N) is 1. The fourth-order valence-corrected chi connectivity index (χ4v) is 1.52. The first-order chi connectivity index (χ1) is 6.13. The SMILES string of the molecule is C[C@H]([C@H](O)[C@H]1C=CC=CC1)N(C)C. The minimum Gasteiger partial charge on any atom is -0.391 e. The van der Waals surface area contributed by atoms with Crippen LogP contribution in [0.4, 0.5) is 0 Å². The summed E-state index contributed by atoms with van der Waals surface area (Å²) < 4.78 is 0. The summed E-state index contributed by atoms with van der Waals surface area (Å²) >= 11 is 0. The highest BCUT2D eigenvalue weighted by molar-refractivity contribution is 5.12. The van der Waals surface area contributed by atoms with E-state index in [0.29, 0.717) is 0 Å². The zero-order valence-corrected chi connectivity index (χ0v) is 8.64. The van der Waals surface area contributed by atoms with Crippen LogP contribution in [0.2, 0.25) is 0 Å². The average molecular weight is 181 g/mol. The van der Waals surface area contributed by atoms with E-state index in [-0.39, 0.29) is 18.1 Å². The fourth-order valence-electron chi connectivity index (χ4n) is 1.52. The predicted molar refractivity (Wildman–Crippen MR) is 55.5 cm³/mol. The van der Waals surface area contributed by atoms with Gasteiger partial charge in [0.25, 0.3) is 0 Å². The maximum atomic E-state index is 9.99. The third-order valence-corrected chi connectivity index (χ3v) is 2.76. The van der Waals surface area contributed by atoms with Gasteiger partial charge in [0, 0.05) is 12.0 Å². The van der Waals surface area contributed by atoms with Crippen molar-refractivity contribution in [3.05, 3.63) is 24.3 Å². The second-order valence-electron chi connectivity index (χ2n) is 3.91. The van der Waals surface area contributed by atoms with Crippen LogP contribution >= 0.6 is 0 Å². The molecule has 0 fully saturated rings. The van der Waals surface area contributed by atoms with Gasteiger partial charge in [0.15, 0.2) is 0 Å². The molecule has 0 amide bonds. The van der Waals surface area contributed by atoms with E-state index in [4.69, 9.17) is 0 Å². The van der Waals surface area contributed by atoms with Crippen molar-refractivity contribution in [3.63, 3.8) is 0 Å². The Kier molecular flexibility index (Phi) is 3.70. The molecule has 0 aromatic carbocycles. The number of aliphatic hydroxyl groups is 1. The van der Waals surface area contributed by atoms with Gasteiger partial charge in [-0.15, -0.1) is 0 Å². The van der Waals surface area contributed by atoms with E-state index in [0.717, 1.165) is 6.42 Å². The first-order valence-electron chi connectivity index (χ1n) is 4.80. The average Bonchev–Trinajstić information content (AvgIpc) is 2.17. The van der Waals surface area contributed by atoms with Crippen LogP contribution in [-0.4, -0.2) is 36.2 Å². The Morgan fingerprint density at radius 3 is 2.54 bits per heavy atom. The smallest absolute Gasteiger partial charge is 0.0757 e. The molecular formula is C11H19NO. The van der Waals surface area contributed by atoms with Crippen LogP contribution in [-0.2, 0) is 0 Å². The van der Waals surface area contributed by atoms with Gasteiger partial charge < -0.3 is 10.0 Å². The molecule has 3 atom stereocenters. The summed E-state index contributed by atoms with van der Waals surface area (Å²) in [5.41, 5.74) is 0. The molecule has 0 bridgehead atoms. The van der Waals surface area contributed by atoms with Crippen LogP contribution in [0, 0.1) is 5.92 Å². The van der Waals surface area contributed by atoms with E-state index in [1.165, 1.54) is 0 Å². The first kappa shape index (κ1) is 10.5. The summed E-state index contributed by atoms with van der Waals surface area (Å²) in [6.07, 6.45) is 8.93. The van der Waals surface area contributed by atoms with Crippen molar-refractivity contribution in [3.8, 4) is 0 Å². The summed E-state index contributed by atoms with van der Waals surface area (Å²) in [7, 11) is 3.99. The number of rotatable bonds is 3. The van der Waals surface area contributed by atoms with E-state index in [1.807, 2.05) is 26.2 Å². The Bertz CT molecular complexity index is 208. The Labute approximate surface area is 80.6 Å². The molecule has 1 rings (SSSR count). The Morgan fingerprint density at radius 2 is 2.08 bits per heavy atom. The molecule has 13 heavy (non-hydrogen) atoms. The van der Waals surface area contributed by atoms with Gasteiger partial charge >= 0.3 is 0 Å². The molecule has 0 aliphatic heterocycles. The molecule has 74 valence electrons. The molecule has 2 nitrogen and oxygen atoms in total. The second kappa shape index (κ2) is 4.58. The number of hydrogen-bond acceptors (Lipinski definition) is 2. The summed E-state index contributed by atoms with van der Waals surface area (Å²) in [6.45, 7) is 2.05. The van der Waals surface area contributed by atoms with Crippen molar-refractivity contribution < 1.29 is 5.11 Å². The maximum absolute atomic E-state index is 9.99. The van der Waals surface area contributed by atoms with Gasteiger partial charge in [-0.2, -0.15) is 0 Å². The minimum atomic E-state index is -0.267. The van der Waals surface area contributed by atoms with Crippen LogP contribution in [0.15, 0.2) is 24.3 Å². The Balaban J connectivity index is 2.51. The van der Waals surface area contributed by atoms with Crippen molar-refractivity contribution in [2.45, 2.75) is 25.5 Å². The van der Waals surface area contributed by atoms with E-state index in [1.54, 1.807) is 0 Å². The molecule has 2 heteroatoms. The van der Waals surface area contributed by atoms with Gasteiger partial charge in [0.05, 0.1) is 6.10 Å². The molecule has 1 N–H and O–H groups in total. The van der Waals surface area contributed by atoms with Crippen molar-refractivity contribution in [1.82, 2.24) is 4.90 Å². The van der Waals surface area contributed by atoms with Gasteiger partial charge in [-0.05, 0) is 27.4 Å². The van der Waals surface area contributed by atoms with Crippen LogP contribution in [0.25, 0.3) is 0 Å². The van der Waals surface area contributed by atoms with Crippen LogP contribution in [0.3, 0.4) is 0 Å². The normalized spacial score (nSPS) is 26.4. The third-order valence-electron chi connectivity index (χ3n) is 2.76. The molecule has 0 saturated carbocycles. The summed E-state index contributed by atoms with van der Waals surface area (Å²) in [6, 6.07) is 0.209. The van der Waals surface area contributed by atoms with E-state index >= 15 is 0 Å². The van der Waals surface area contributed by atoms with Gasteiger partial charge in [-0.25, -0.2) is 0 Å². The Morgan fingerprint density at radius 1 is 1.38 bits per heavy atom. The monoisotopic (exact) mass is 181 g/mol. The van der Waals surface area contributed by atoms with Crippen LogP contribution in [0.5, 0.6) is 0 Å². The second-order valence-corrected chi connectivity index (χ2v) is 3.91. The quantitative estimate of drug-likeness (QED) is 0.712. The predicted octanol–water partition coefficient (Wildman–Crippen LogP) is 1.43. The molecule has 0 saturated heterocycles. The number of likely N-dealkylation sites (N-methyl/N-ethyl adjacent to an activating group) is 1. The highest BCUT2D eigenvalue weighted by atomic mass is 16.3. The molecule has 0 unspecified atom stereocenters. The van der Waals surface area contributed by atoms with E-state index < -0.39 is 0 Å². The lowest BCUT2D eigenvalue weighted by atomic mass is 9.90. The molecule has 0 spiro atoms. The summed E-state index contributed by atoms with van der Waals surface area (Å²) in [5, 5.41) is 9.99. The van der Waals surface area contributed by atoms with Crippen molar-refractivity contribution in [2.24, 2.45) is 5.92 Å². The molecular weight excluding hydrogens is 162 g/mol. The third kappa shape index (κ3) is 2.68. The van der Waals surface area contributed by atoms with Gasteiger partial charge in [-0.1, -0.05) is 24.3 Å². The van der Waals surface area contributed by atoms with Crippen LogP contribution in [0.1, 0.15) is 13.3 Å². The van der Waals surface area contributed by atoms with Crippen molar-refractivity contribution >= 4 is 0 Å². The molecule has 0 aromatic heterocycles. The highest BCUT2D eigenvalue weighted by Gasteiger charge is 2.23. The maximum Gasteiger partial charge on any atom is 0.0757 e. The minimum absolute atomic E-state index is 0.209. The molecule has 1 aliphatic rings. The van der Waals surface area contributed by atoms with E-state index in [2.05, 4.69) is 24.0 Å². The Hall–Kier alpha value is -0.600. The number of allylic oxidation sites excluding steroid dienone is 3. The highest BCUT2D eigenvalue weighted by Crippen LogP contribution is 2.19. The topological polar surface area (TPSA) is 23.5 Å². The summed E-state index contributed by atoms with van der Waals surface area (Å²) in [4.78, 5) is 2.05. The molecule has 1 aliphatic carbocycles. The summed E-state index contributed by atoms with van der Waals surface area (Å²) in [5.74, 6) is 0.280.